The Kier molecular flexibility index (Phi) is 8.22. The lowest BCUT2D eigenvalue weighted by molar-refractivity contribution is -0.139. The Balaban J connectivity index is 2.04. The maximum absolute atomic E-state index is 15.1. The van der Waals surface area contributed by atoms with E-state index in [1.165, 1.54) is 4.90 Å². The van der Waals surface area contributed by atoms with Crippen LogP contribution in [0.25, 0.3) is 0 Å². The number of carbonyl (C=O) groups is 2. The van der Waals surface area contributed by atoms with Crippen molar-refractivity contribution < 1.29 is 42.1 Å². The number of carboxylic acid groups (broad SMARTS) is 1. The minimum Gasteiger partial charge on any atom is -0.478 e. The van der Waals surface area contributed by atoms with Gasteiger partial charge in [0.05, 0.1) is 17.9 Å². The van der Waals surface area contributed by atoms with E-state index in [2.05, 4.69) is 11.9 Å². The summed E-state index contributed by atoms with van der Waals surface area (Å²) in [5.41, 5.74) is -2.21. The Hall–Kier alpha value is -3.21. The fourth-order valence-corrected chi connectivity index (χ4v) is 4.32. The van der Waals surface area contributed by atoms with Crippen molar-refractivity contribution in [2.45, 2.75) is 65.3 Å². The molecule has 3 rings (SSSR count). The van der Waals surface area contributed by atoms with Gasteiger partial charge in [-0.1, -0.05) is 6.92 Å². The molecule has 7 nitrogen and oxygen atoms in total. The number of amides is 1. The molecule has 196 valence electrons. The SMILES string of the molecule is CC1CCC(C(=O)N(c2cc(F)c(Oc3ncc(CO)cc3C(F)(F)F)cc2C(=O)O)C(C)C)CC1. The lowest BCUT2D eigenvalue weighted by Gasteiger charge is -2.34. The summed E-state index contributed by atoms with van der Waals surface area (Å²) in [5.74, 6) is -4.66. The molecule has 0 aliphatic heterocycles. The lowest BCUT2D eigenvalue weighted by Crippen LogP contribution is -2.43. The number of anilines is 1. The summed E-state index contributed by atoms with van der Waals surface area (Å²) < 4.78 is 60.7. The van der Waals surface area contributed by atoms with Crippen molar-refractivity contribution in [2.24, 2.45) is 11.8 Å². The number of alkyl halides is 3. The molecule has 1 saturated carbocycles. The Morgan fingerprint density at radius 2 is 1.81 bits per heavy atom. The number of carbonyl (C=O) groups excluding carboxylic acids is 1. The molecule has 0 unspecified atom stereocenters. The number of hydrogen-bond donors (Lipinski definition) is 2. The molecule has 0 atom stereocenters. The van der Waals surface area contributed by atoms with Crippen molar-refractivity contribution in [1.82, 2.24) is 4.98 Å². The van der Waals surface area contributed by atoms with Crippen molar-refractivity contribution in [3.63, 3.8) is 0 Å². The lowest BCUT2D eigenvalue weighted by atomic mass is 9.82. The quantitative estimate of drug-likeness (QED) is 0.456. The van der Waals surface area contributed by atoms with Gasteiger partial charge in [0.2, 0.25) is 11.8 Å². The third-order valence-corrected chi connectivity index (χ3v) is 6.26. The second-order valence-electron chi connectivity index (χ2n) is 9.32. The van der Waals surface area contributed by atoms with Crippen LogP contribution in [0.5, 0.6) is 11.6 Å². The molecule has 0 spiro atoms. The molecular formula is C25H28F4N2O5. The van der Waals surface area contributed by atoms with E-state index in [0.29, 0.717) is 24.8 Å². The van der Waals surface area contributed by atoms with E-state index < -0.39 is 53.4 Å². The molecule has 2 N–H and O–H groups in total. The highest BCUT2D eigenvalue weighted by Crippen LogP contribution is 2.40. The van der Waals surface area contributed by atoms with Crippen LogP contribution < -0.4 is 9.64 Å². The third kappa shape index (κ3) is 5.95. The van der Waals surface area contributed by atoms with E-state index >= 15 is 4.39 Å². The van der Waals surface area contributed by atoms with Crippen LogP contribution in [0.15, 0.2) is 24.4 Å². The maximum atomic E-state index is 15.1. The molecule has 36 heavy (non-hydrogen) atoms. The van der Waals surface area contributed by atoms with Crippen molar-refractivity contribution in [3.05, 3.63) is 46.9 Å². The summed E-state index contributed by atoms with van der Waals surface area (Å²) in [4.78, 5) is 30.2. The molecular weight excluding hydrogens is 484 g/mol. The second kappa shape index (κ2) is 10.8. The van der Waals surface area contributed by atoms with Gasteiger partial charge in [-0.05, 0) is 57.1 Å². The minimum absolute atomic E-state index is 0.139. The summed E-state index contributed by atoms with van der Waals surface area (Å²) in [6.45, 7) is 4.72. The van der Waals surface area contributed by atoms with Gasteiger partial charge in [-0.25, -0.2) is 14.2 Å². The summed E-state index contributed by atoms with van der Waals surface area (Å²) in [7, 11) is 0. The standard InChI is InChI=1S/C25H28F4N2O5/c1-13(2)31(23(33)16-6-4-14(3)5-7-16)20-10-19(26)21(9-17(20)24(34)35)36-22-18(25(27,28)29)8-15(12-32)11-30-22/h8-11,13-14,16,32H,4-7,12H2,1-3H3,(H,34,35). The van der Waals surface area contributed by atoms with Crippen LogP contribution in [-0.4, -0.2) is 33.1 Å². The van der Waals surface area contributed by atoms with Gasteiger partial charge in [0, 0.05) is 30.3 Å². The molecule has 0 bridgehead atoms. The van der Waals surface area contributed by atoms with E-state index in [4.69, 9.17) is 9.84 Å². The number of aromatic nitrogens is 1. The Labute approximate surface area is 205 Å². The van der Waals surface area contributed by atoms with Gasteiger partial charge in [-0.3, -0.25) is 4.79 Å². The van der Waals surface area contributed by atoms with E-state index in [1.807, 2.05) is 0 Å². The molecule has 1 aromatic carbocycles. The molecule has 1 fully saturated rings. The van der Waals surface area contributed by atoms with Crippen LogP contribution in [0, 0.1) is 17.7 Å². The monoisotopic (exact) mass is 512 g/mol. The number of nitrogens with zero attached hydrogens (tertiary/aromatic N) is 2. The number of benzene rings is 1. The smallest absolute Gasteiger partial charge is 0.421 e. The van der Waals surface area contributed by atoms with Gasteiger partial charge < -0.3 is 19.8 Å². The number of rotatable bonds is 7. The predicted octanol–water partition coefficient (Wildman–Crippen LogP) is 5.79. The second-order valence-corrected chi connectivity index (χ2v) is 9.32. The molecule has 1 aliphatic carbocycles. The minimum atomic E-state index is -4.93. The largest absolute Gasteiger partial charge is 0.478 e. The number of pyridine rings is 1. The summed E-state index contributed by atoms with van der Waals surface area (Å²) in [6, 6.07) is 1.64. The van der Waals surface area contributed by atoms with Crippen LogP contribution in [-0.2, 0) is 17.6 Å². The molecule has 1 heterocycles. The van der Waals surface area contributed by atoms with Crippen LogP contribution in [0.2, 0.25) is 0 Å². The molecule has 2 aromatic rings. The van der Waals surface area contributed by atoms with E-state index in [1.54, 1.807) is 13.8 Å². The first-order valence-corrected chi connectivity index (χ1v) is 11.6. The number of aliphatic hydroxyl groups is 1. The number of ether oxygens (including phenoxy) is 1. The molecule has 0 saturated heterocycles. The zero-order valence-corrected chi connectivity index (χ0v) is 20.1. The summed E-state index contributed by atoms with van der Waals surface area (Å²) in [6.07, 6.45) is -1.05. The van der Waals surface area contributed by atoms with Gasteiger partial charge in [0.1, 0.15) is 5.56 Å². The molecule has 11 heteroatoms. The zero-order valence-electron chi connectivity index (χ0n) is 20.1. The molecule has 1 aromatic heterocycles. The van der Waals surface area contributed by atoms with Crippen molar-refractivity contribution in [3.8, 4) is 11.6 Å². The maximum Gasteiger partial charge on any atom is 0.421 e. The first kappa shape index (κ1) is 27.4. The third-order valence-electron chi connectivity index (χ3n) is 6.26. The number of halogens is 4. The zero-order chi connectivity index (χ0) is 26.8. The Morgan fingerprint density at radius 1 is 1.17 bits per heavy atom. The van der Waals surface area contributed by atoms with Crippen molar-refractivity contribution >= 4 is 17.6 Å². The van der Waals surface area contributed by atoms with Gasteiger partial charge in [0.15, 0.2) is 11.6 Å². The number of carboxylic acids is 1. The average molecular weight is 513 g/mol. The van der Waals surface area contributed by atoms with Crippen molar-refractivity contribution in [2.75, 3.05) is 4.90 Å². The summed E-state index contributed by atoms with van der Waals surface area (Å²) in [5, 5.41) is 18.9. The normalized spacial score (nSPS) is 18.2. The first-order valence-electron chi connectivity index (χ1n) is 11.6. The predicted molar refractivity (Wildman–Crippen MR) is 122 cm³/mol. The highest BCUT2D eigenvalue weighted by molar-refractivity contribution is 6.03. The Morgan fingerprint density at radius 3 is 2.33 bits per heavy atom. The van der Waals surface area contributed by atoms with Crippen LogP contribution in [0.3, 0.4) is 0 Å². The van der Waals surface area contributed by atoms with Gasteiger partial charge in [0.25, 0.3) is 0 Å². The van der Waals surface area contributed by atoms with E-state index in [9.17, 15) is 27.9 Å². The number of aliphatic hydroxyl groups excluding tert-OH is 1. The van der Waals surface area contributed by atoms with Crippen LogP contribution >= 0.6 is 0 Å². The molecule has 1 amide bonds. The molecule has 1 aliphatic rings. The highest BCUT2D eigenvalue weighted by Gasteiger charge is 2.37. The number of aromatic carboxylic acids is 1. The van der Waals surface area contributed by atoms with Crippen LogP contribution in [0.4, 0.5) is 23.2 Å². The van der Waals surface area contributed by atoms with Gasteiger partial charge in [-0.2, -0.15) is 13.2 Å². The topological polar surface area (TPSA) is 100.0 Å². The Bertz CT molecular complexity index is 1130. The van der Waals surface area contributed by atoms with E-state index in [-0.39, 0.29) is 23.1 Å². The van der Waals surface area contributed by atoms with Crippen molar-refractivity contribution in [1.29, 1.82) is 0 Å². The average Bonchev–Trinajstić information content (AvgIpc) is 2.80. The summed E-state index contributed by atoms with van der Waals surface area (Å²) >= 11 is 0. The molecule has 0 radical (unpaired) electrons. The fourth-order valence-electron chi connectivity index (χ4n) is 4.32. The first-order chi connectivity index (χ1) is 16.8. The van der Waals surface area contributed by atoms with Crippen LogP contribution in [0.1, 0.15) is 67.9 Å². The fraction of sp³-hybridized carbons (Fsp3) is 0.480. The van der Waals surface area contributed by atoms with Gasteiger partial charge in [-0.15, -0.1) is 0 Å². The number of hydrogen-bond acceptors (Lipinski definition) is 5. The highest BCUT2D eigenvalue weighted by atomic mass is 19.4. The van der Waals surface area contributed by atoms with E-state index in [0.717, 1.165) is 31.2 Å². The van der Waals surface area contributed by atoms with Gasteiger partial charge >= 0.3 is 12.1 Å².